The number of sulfone groups is 1. The standard InChI is InChI=1S/C19H29NO4S/c1-13(2)17(19(3,4)22)20-18(21)14-9-11-16(12-10-14)25(23,24)15-7-5-6-8-15/h9-13,15,17,22H,5-8H2,1-4H3,(H,20,21)/t17-/m0/s1. The number of carbonyl (C=O) groups is 1. The predicted molar refractivity (Wildman–Crippen MR) is 98.3 cm³/mol. The van der Waals surface area contributed by atoms with E-state index in [1.165, 1.54) is 12.1 Å². The van der Waals surface area contributed by atoms with Crippen molar-refractivity contribution in [3.05, 3.63) is 29.8 Å². The maximum Gasteiger partial charge on any atom is 0.251 e. The van der Waals surface area contributed by atoms with E-state index >= 15 is 0 Å². The summed E-state index contributed by atoms with van der Waals surface area (Å²) in [5, 5.41) is 12.8. The zero-order valence-corrected chi connectivity index (χ0v) is 16.3. The van der Waals surface area contributed by atoms with Crippen molar-refractivity contribution in [2.75, 3.05) is 0 Å². The molecule has 1 aromatic rings. The van der Waals surface area contributed by atoms with Crippen LogP contribution in [0.4, 0.5) is 0 Å². The van der Waals surface area contributed by atoms with Crippen LogP contribution in [-0.4, -0.2) is 36.3 Å². The second kappa shape index (κ2) is 7.46. The fourth-order valence-corrected chi connectivity index (χ4v) is 5.42. The molecule has 2 rings (SSSR count). The molecule has 0 bridgehead atoms. The lowest BCUT2D eigenvalue weighted by Gasteiger charge is -2.33. The largest absolute Gasteiger partial charge is 0.388 e. The van der Waals surface area contributed by atoms with Crippen LogP contribution in [0.2, 0.25) is 0 Å². The van der Waals surface area contributed by atoms with Crippen molar-refractivity contribution < 1.29 is 18.3 Å². The first kappa shape index (κ1) is 19.9. The van der Waals surface area contributed by atoms with Gasteiger partial charge in [-0.25, -0.2) is 8.42 Å². The molecule has 0 aliphatic heterocycles. The Bertz CT molecular complexity index is 696. The molecule has 1 aliphatic carbocycles. The number of hydrogen-bond donors (Lipinski definition) is 2. The summed E-state index contributed by atoms with van der Waals surface area (Å²) in [6.07, 6.45) is 3.34. The molecule has 1 atom stereocenters. The molecule has 0 aromatic heterocycles. The van der Waals surface area contributed by atoms with Gasteiger partial charge < -0.3 is 10.4 Å². The van der Waals surface area contributed by atoms with E-state index in [0.29, 0.717) is 18.4 Å². The van der Waals surface area contributed by atoms with E-state index in [-0.39, 0.29) is 22.0 Å². The summed E-state index contributed by atoms with van der Waals surface area (Å²) in [4.78, 5) is 12.7. The Morgan fingerprint density at radius 2 is 1.68 bits per heavy atom. The lowest BCUT2D eigenvalue weighted by molar-refractivity contribution is 0.0195. The number of rotatable bonds is 6. The third-order valence-corrected chi connectivity index (χ3v) is 7.18. The van der Waals surface area contributed by atoms with Gasteiger partial charge in [0.1, 0.15) is 0 Å². The Hall–Kier alpha value is -1.40. The number of aliphatic hydroxyl groups is 1. The van der Waals surface area contributed by atoms with Crippen LogP contribution in [-0.2, 0) is 9.84 Å². The molecule has 1 aliphatic rings. The van der Waals surface area contributed by atoms with E-state index in [9.17, 15) is 18.3 Å². The first-order valence-electron chi connectivity index (χ1n) is 8.90. The van der Waals surface area contributed by atoms with Crippen LogP contribution in [0, 0.1) is 5.92 Å². The van der Waals surface area contributed by atoms with Gasteiger partial charge in [0.2, 0.25) is 0 Å². The van der Waals surface area contributed by atoms with Crippen molar-refractivity contribution in [1.82, 2.24) is 5.32 Å². The van der Waals surface area contributed by atoms with Crippen LogP contribution in [0.15, 0.2) is 29.2 Å². The van der Waals surface area contributed by atoms with Crippen molar-refractivity contribution in [1.29, 1.82) is 0 Å². The molecule has 25 heavy (non-hydrogen) atoms. The molecule has 1 fully saturated rings. The Labute approximate surface area is 150 Å². The molecular formula is C19H29NO4S. The molecule has 140 valence electrons. The van der Waals surface area contributed by atoms with Crippen molar-refractivity contribution in [2.45, 2.75) is 75.2 Å². The van der Waals surface area contributed by atoms with Gasteiger partial charge in [-0.05, 0) is 56.9 Å². The molecule has 0 heterocycles. The average Bonchev–Trinajstić information content (AvgIpc) is 3.06. The van der Waals surface area contributed by atoms with E-state index in [1.807, 2.05) is 13.8 Å². The first-order chi connectivity index (χ1) is 11.5. The van der Waals surface area contributed by atoms with Gasteiger partial charge in [0.25, 0.3) is 5.91 Å². The van der Waals surface area contributed by atoms with Gasteiger partial charge in [-0.15, -0.1) is 0 Å². The lowest BCUT2D eigenvalue weighted by atomic mass is 9.89. The van der Waals surface area contributed by atoms with Crippen LogP contribution >= 0.6 is 0 Å². The van der Waals surface area contributed by atoms with E-state index < -0.39 is 21.5 Å². The third-order valence-electron chi connectivity index (χ3n) is 4.90. The average molecular weight is 368 g/mol. The van der Waals surface area contributed by atoms with Crippen LogP contribution in [0.1, 0.15) is 63.7 Å². The van der Waals surface area contributed by atoms with E-state index in [1.54, 1.807) is 26.0 Å². The van der Waals surface area contributed by atoms with Crippen LogP contribution in [0.3, 0.4) is 0 Å². The molecule has 0 saturated heterocycles. The Morgan fingerprint density at radius 3 is 2.12 bits per heavy atom. The summed E-state index contributed by atoms with van der Waals surface area (Å²) in [6, 6.07) is 5.70. The number of hydrogen-bond acceptors (Lipinski definition) is 4. The van der Waals surface area contributed by atoms with Crippen LogP contribution in [0.5, 0.6) is 0 Å². The topological polar surface area (TPSA) is 83.5 Å². The minimum Gasteiger partial charge on any atom is -0.388 e. The molecule has 0 radical (unpaired) electrons. The van der Waals surface area contributed by atoms with Crippen molar-refractivity contribution in [3.8, 4) is 0 Å². The highest BCUT2D eigenvalue weighted by Gasteiger charge is 2.32. The molecular weight excluding hydrogens is 338 g/mol. The summed E-state index contributed by atoms with van der Waals surface area (Å²) in [7, 11) is -3.31. The quantitative estimate of drug-likeness (QED) is 0.810. The summed E-state index contributed by atoms with van der Waals surface area (Å²) in [5.74, 6) is -0.253. The predicted octanol–water partition coefficient (Wildman–Crippen LogP) is 2.93. The van der Waals surface area contributed by atoms with E-state index in [2.05, 4.69) is 5.32 Å². The number of carbonyl (C=O) groups excluding carboxylic acids is 1. The highest BCUT2D eigenvalue weighted by molar-refractivity contribution is 7.92. The normalized spacial score (nSPS) is 17.7. The Morgan fingerprint density at radius 1 is 1.16 bits per heavy atom. The van der Waals surface area contributed by atoms with Crippen molar-refractivity contribution >= 4 is 15.7 Å². The second-order valence-electron chi connectivity index (χ2n) is 7.82. The SMILES string of the molecule is CC(C)[C@H](NC(=O)c1ccc(S(=O)(=O)C2CCCC2)cc1)C(C)(C)O. The van der Waals surface area contributed by atoms with Gasteiger partial charge in [0, 0.05) is 5.56 Å². The van der Waals surface area contributed by atoms with E-state index in [0.717, 1.165) is 12.8 Å². The number of amides is 1. The maximum absolute atomic E-state index is 12.6. The molecule has 1 amide bonds. The highest BCUT2D eigenvalue weighted by Crippen LogP contribution is 2.29. The lowest BCUT2D eigenvalue weighted by Crippen LogP contribution is -2.52. The summed E-state index contributed by atoms with van der Waals surface area (Å²) >= 11 is 0. The summed E-state index contributed by atoms with van der Waals surface area (Å²) in [5.41, 5.74) is -0.657. The van der Waals surface area contributed by atoms with Gasteiger partial charge in [-0.2, -0.15) is 0 Å². The molecule has 2 N–H and O–H groups in total. The minimum absolute atomic E-state index is 0.0611. The second-order valence-corrected chi connectivity index (χ2v) is 10.1. The van der Waals surface area contributed by atoms with Gasteiger partial charge >= 0.3 is 0 Å². The molecule has 1 saturated carbocycles. The van der Waals surface area contributed by atoms with Crippen molar-refractivity contribution in [3.63, 3.8) is 0 Å². The summed E-state index contributed by atoms with van der Waals surface area (Å²) in [6.45, 7) is 7.19. The van der Waals surface area contributed by atoms with Crippen LogP contribution in [0.25, 0.3) is 0 Å². The molecule has 0 unspecified atom stereocenters. The van der Waals surface area contributed by atoms with Crippen LogP contribution < -0.4 is 5.32 Å². The number of nitrogens with one attached hydrogen (secondary N) is 1. The summed E-state index contributed by atoms with van der Waals surface area (Å²) < 4.78 is 25.2. The fraction of sp³-hybridized carbons (Fsp3) is 0.632. The van der Waals surface area contributed by atoms with Crippen molar-refractivity contribution in [2.24, 2.45) is 5.92 Å². The molecule has 0 spiro atoms. The first-order valence-corrected chi connectivity index (χ1v) is 10.5. The minimum atomic E-state index is -3.31. The number of benzene rings is 1. The Kier molecular flexibility index (Phi) is 5.94. The van der Waals surface area contributed by atoms with Gasteiger partial charge in [0.15, 0.2) is 9.84 Å². The van der Waals surface area contributed by atoms with Gasteiger partial charge in [-0.1, -0.05) is 26.7 Å². The zero-order chi connectivity index (χ0) is 18.8. The van der Waals surface area contributed by atoms with Gasteiger partial charge in [0.05, 0.1) is 21.8 Å². The molecule has 5 nitrogen and oxygen atoms in total. The Balaban J connectivity index is 2.15. The molecule has 6 heteroatoms. The van der Waals surface area contributed by atoms with Gasteiger partial charge in [-0.3, -0.25) is 4.79 Å². The highest BCUT2D eigenvalue weighted by atomic mass is 32.2. The smallest absolute Gasteiger partial charge is 0.251 e. The maximum atomic E-state index is 12.6. The molecule has 1 aromatic carbocycles. The van der Waals surface area contributed by atoms with E-state index in [4.69, 9.17) is 0 Å². The third kappa shape index (κ3) is 4.61. The fourth-order valence-electron chi connectivity index (χ4n) is 3.57. The zero-order valence-electron chi connectivity index (χ0n) is 15.5. The monoisotopic (exact) mass is 367 g/mol.